The predicted octanol–water partition coefficient (Wildman–Crippen LogP) is 2.93. The van der Waals surface area contributed by atoms with Gasteiger partial charge < -0.3 is 9.47 Å². The van der Waals surface area contributed by atoms with Gasteiger partial charge in [0.05, 0.1) is 17.6 Å². The largest absolute Gasteiger partial charge is 0.478 e. The number of benzene rings is 1. The van der Waals surface area contributed by atoms with Crippen LogP contribution in [0.1, 0.15) is 31.4 Å². The molecule has 0 saturated heterocycles. The van der Waals surface area contributed by atoms with Crippen LogP contribution in [0.15, 0.2) is 12.1 Å². The van der Waals surface area contributed by atoms with Crippen molar-refractivity contribution in [3.8, 4) is 5.75 Å². The number of ether oxygens (including phenoxy) is 2. The predicted molar refractivity (Wildman–Crippen MR) is 73.9 cm³/mol. The molecule has 0 bridgehead atoms. The molecule has 6 heteroatoms. The van der Waals surface area contributed by atoms with Crippen molar-refractivity contribution in [1.29, 1.82) is 0 Å². The van der Waals surface area contributed by atoms with Crippen LogP contribution in [0.4, 0.5) is 5.69 Å². The first-order valence-corrected chi connectivity index (χ1v) is 6.49. The second kappa shape index (κ2) is 6.88. The summed E-state index contributed by atoms with van der Waals surface area (Å²) in [6.45, 7) is 7.22. The molecular weight excluding hydrogens is 262 g/mol. The smallest absolute Gasteiger partial charge is 0.347 e. The summed E-state index contributed by atoms with van der Waals surface area (Å²) < 4.78 is 10.5. The molecule has 20 heavy (non-hydrogen) atoms. The summed E-state index contributed by atoms with van der Waals surface area (Å²) in [4.78, 5) is 22.2. The van der Waals surface area contributed by atoms with Crippen molar-refractivity contribution in [3.05, 3.63) is 33.4 Å². The molecule has 0 aromatic heterocycles. The molecule has 1 unspecified atom stereocenters. The van der Waals surface area contributed by atoms with E-state index < -0.39 is 17.0 Å². The number of nitrogens with zero attached hydrogens (tertiary/aromatic N) is 1. The normalized spacial score (nSPS) is 11.8. The second-order valence-corrected chi connectivity index (χ2v) is 4.43. The highest BCUT2D eigenvalue weighted by Gasteiger charge is 2.22. The topological polar surface area (TPSA) is 78.7 Å². The number of hydrogen-bond donors (Lipinski definition) is 0. The lowest BCUT2D eigenvalue weighted by Gasteiger charge is -2.17. The molecular formula is C14H19NO5. The Morgan fingerprint density at radius 3 is 2.45 bits per heavy atom. The molecule has 0 heterocycles. The highest BCUT2D eigenvalue weighted by Crippen LogP contribution is 2.29. The third kappa shape index (κ3) is 3.69. The van der Waals surface area contributed by atoms with Gasteiger partial charge in [0.1, 0.15) is 5.75 Å². The van der Waals surface area contributed by atoms with Gasteiger partial charge in [-0.2, -0.15) is 0 Å². The lowest BCUT2D eigenvalue weighted by molar-refractivity contribution is -0.385. The standard InChI is InChI=1S/C14H19NO5/c1-5-12(14(16)19-6-2)20-13-8-11(15(17)18)9(3)7-10(13)4/h7-8,12H,5-6H2,1-4H3. The molecule has 0 saturated carbocycles. The van der Waals surface area contributed by atoms with Gasteiger partial charge in [0.2, 0.25) is 0 Å². The van der Waals surface area contributed by atoms with E-state index in [-0.39, 0.29) is 12.3 Å². The fourth-order valence-corrected chi connectivity index (χ4v) is 1.83. The Bertz CT molecular complexity index is 513. The molecule has 110 valence electrons. The molecule has 0 N–H and O–H groups in total. The first kappa shape index (κ1) is 15.9. The summed E-state index contributed by atoms with van der Waals surface area (Å²) in [6, 6.07) is 3.03. The molecule has 0 radical (unpaired) electrons. The van der Waals surface area contributed by atoms with E-state index in [9.17, 15) is 14.9 Å². The molecule has 1 aromatic rings. The van der Waals surface area contributed by atoms with Crippen molar-refractivity contribution >= 4 is 11.7 Å². The van der Waals surface area contributed by atoms with Gasteiger partial charge in [0, 0.05) is 5.56 Å². The molecule has 0 aliphatic carbocycles. The Morgan fingerprint density at radius 1 is 1.30 bits per heavy atom. The average Bonchev–Trinajstić information content (AvgIpc) is 2.37. The summed E-state index contributed by atoms with van der Waals surface area (Å²) in [5.41, 5.74) is 1.28. The van der Waals surface area contributed by atoms with Gasteiger partial charge in [-0.1, -0.05) is 6.92 Å². The van der Waals surface area contributed by atoms with E-state index >= 15 is 0 Å². The van der Waals surface area contributed by atoms with Crippen molar-refractivity contribution in [2.24, 2.45) is 0 Å². The second-order valence-electron chi connectivity index (χ2n) is 4.43. The maximum absolute atomic E-state index is 11.7. The number of aryl methyl sites for hydroxylation is 2. The minimum Gasteiger partial charge on any atom is -0.478 e. The zero-order valence-corrected chi connectivity index (χ0v) is 12.1. The van der Waals surface area contributed by atoms with Gasteiger partial charge in [0.15, 0.2) is 6.10 Å². The highest BCUT2D eigenvalue weighted by molar-refractivity contribution is 5.75. The zero-order valence-electron chi connectivity index (χ0n) is 12.1. The summed E-state index contributed by atoms with van der Waals surface area (Å²) in [5, 5.41) is 10.9. The number of rotatable bonds is 6. The number of esters is 1. The minimum absolute atomic E-state index is 0.0238. The maximum atomic E-state index is 11.7. The van der Waals surface area contributed by atoms with E-state index in [0.717, 1.165) is 5.56 Å². The van der Waals surface area contributed by atoms with Crippen LogP contribution >= 0.6 is 0 Å². The van der Waals surface area contributed by atoms with Crippen LogP contribution in [0.2, 0.25) is 0 Å². The van der Waals surface area contributed by atoms with Gasteiger partial charge in [-0.3, -0.25) is 10.1 Å². The lowest BCUT2D eigenvalue weighted by Crippen LogP contribution is -2.29. The lowest BCUT2D eigenvalue weighted by atomic mass is 10.1. The first-order valence-electron chi connectivity index (χ1n) is 6.49. The van der Waals surface area contributed by atoms with Crippen LogP contribution in [0, 0.1) is 24.0 Å². The van der Waals surface area contributed by atoms with Gasteiger partial charge in [-0.15, -0.1) is 0 Å². The van der Waals surface area contributed by atoms with Crippen molar-refractivity contribution in [2.45, 2.75) is 40.2 Å². The number of carbonyl (C=O) groups excluding carboxylic acids is 1. The maximum Gasteiger partial charge on any atom is 0.347 e. The Kier molecular flexibility index (Phi) is 5.49. The Labute approximate surface area is 117 Å². The Hall–Kier alpha value is -2.11. The number of nitro groups is 1. The molecule has 0 amide bonds. The van der Waals surface area contributed by atoms with Crippen LogP contribution in [0.3, 0.4) is 0 Å². The van der Waals surface area contributed by atoms with Crippen molar-refractivity contribution in [3.63, 3.8) is 0 Å². The van der Waals surface area contributed by atoms with Crippen molar-refractivity contribution < 1.29 is 19.2 Å². The molecule has 1 aromatic carbocycles. The van der Waals surface area contributed by atoms with Crippen molar-refractivity contribution in [1.82, 2.24) is 0 Å². The molecule has 6 nitrogen and oxygen atoms in total. The molecule has 0 fully saturated rings. The van der Waals surface area contributed by atoms with Crippen molar-refractivity contribution in [2.75, 3.05) is 6.61 Å². The monoisotopic (exact) mass is 281 g/mol. The third-order valence-electron chi connectivity index (χ3n) is 2.88. The van der Waals surface area contributed by atoms with Crippen LogP contribution in [-0.4, -0.2) is 23.6 Å². The SMILES string of the molecule is CCOC(=O)C(CC)Oc1cc([N+](=O)[O-])c(C)cc1C. The van der Waals surface area contributed by atoms with Gasteiger partial charge >= 0.3 is 5.97 Å². The van der Waals surface area contributed by atoms with E-state index in [4.69, 9.17) is 9.47 Å². The molecule has 1 rings (SSSR count). The molecule has 1 atom stereocenters. The average molecular weight is 281 g/mol. The number of nitro benzene ring substituents is 1. The molecule has 0 aliphatic rings. The quantitative estimate of drug-likeness (QED) is 0.455. The van der Waals surface area contributed by atoms with Crippen LogP contribution in [-0.2, 0) is 9.53 Å². The van der Waals surface area contributed by atoms with Gasteiger partial charge in [0.25, 0.3) is 5.69 Å². The van der Waals surface area contributed by atoms with Gasteiger partial charge in [-0.25, -0.2) is 4.79 Å². The van der Waals surface area contributed by atoms with Gasteiger partial charge in [-0.05, 0) is 38.8 Å². The minimum atomic E-state index is -0.754. The first-order chi connectivity index (χ1) is 9.40. The van der Waals surface area contributed by atoms with Crippen LogP contribution in [0.25, 0.3) is 0 Å². The van der Waals surface area contributed by atoms with E-state index in [0.29, 0.717) is 17.7 Å². The number of hydrogen-bond acceptors (Lipinski definition) is 5. The molecule has 0 spiro atoms. The number of carbonyl (C=O) groups is 1. The Morgan fingerprint density at radius 2 is 1.95 bits per heavy atom. The summed E-state index contributed by atoms with van der Waals surface area (Å²) in [6.07, 6.45) is -0.323. The molecule has 0 aliphatic heterocycles. The fraction of sp³-hybridized carbons (Fsp3) is 0.500. The van der Waals surface area contributed by atoms with Crippen LogP contribution < -0.4 is 4.74 Å². The summed E-state index contributed by atoms with van der Waals surface area (Å²) in [7, 11) is 0. The van der Waals surface area contributed by atoms with E-state index in [1.54, 1.807) is 33.8 Å². The van der Waals surface area contributed by atoms with E-state index in [1.807, 2.05) is 0 Å². The fourth-order valence-electron chi connectivity index (χ4n) is 1.83. The van der Waals surface area contributed by atoms with Crippen LogP contribution in [0.5, 0.6) is 5.75 Å². The summed E-state index contributed by atoms with van der Waals surface area (Å²) in [5.74, 6) is -0.125. The Balaban J connectivity index is 3.04. The van der Waals surface area contributed by atoms with E-state index in [1.165, 1.54) is 6.07 Å². The third-order valence-corrected chi connectivity index (χ3v) is 2.88. The van der Waals surface area contributed by atoms with E-state index in [2.05, 4.69) is 0 Å². The summed E-state index contributed by atoms with van der Waals surface area (Å²) >= 11 is 0. The highest BCUT2D eigenvalue weighted by atomic mass is 16.6. The zero-order chi connectivity index (χ0) is 15.3.